The summed E-state index contributed by atoms with van der Waals surface area (Å²) in [6.45, 7) is 1.90. The van der Waals surface area contributed by atoms with E-state index in [1.807, 2.05) is 48.7 Å². The Morgan fingerprint density at radius 1 is 1.27 bits per heavy atom. The molecule has 112 valence electrons. The Balaban J connectivity index is 1.64. The molecule has 22 heavy (non-hydrogen) atoms. The zero-order valence-corrected chi connectivity index (χ0v) is 14.8. The minimum Gasteiger partial charge on any atom is -0.459 e. The van der Waals surface area contributed by atoms with Crippen LogP contribution in [0.15, 0.2) is 46.2 Å². The summed E-state index contributed by atoms with van der Waals surface area (Å²) in [4.78, 5) is 16.5. The average Bonchev–Trinajstić information content (AvgIpc) is 3.10. The summed E-state index contributed by atoms with van der Waals surface area (Å²) < 4.78 is 6.67. The molecule has 0 atom stereocenters. The number of rotatable bonds is 4. The zero-order chi connectivity index (χ0) is 15.5. The van der Waals surface area contributed by atoms with Gasteiger partial charge >= 0.3 is 0 Å². The van der Waals surface area contributed by atoms with Gasteiger partial charge in [0.2, 0.25) is 5.91 Å². The monoisotopic (exact) mass is 424 g/mol. The van der Waals surface area contributed by atoms with Crippen molar-refractivity contribution in [1.29, 1.82) is 0 Å². The van der Waals surface area contributed by atoms with E-state index in [1.54, 1.807) is 0 Å². The first-order chi connectivity index (χ1) is 10.6. The lowest BCUT2D eigenvalue weighted by atomic mass is 10.3. The minimum atomic E-state index is -0.0753. The van der Waals surface area contributed by atoms with E-state index >= 15 is 0 Å². The standard InChI is InChI=1S/C16H13IN2O2S/c1-10-2-7-14(21-10)16-19-13(9-22-16)8-15(20)18-12-5-3-11(17)4-6-12/h2-7,9H,8H2,1H3,(H,18,20). The molecular formula is C16H13IN2O2S. The van der Waals surface area contributed by atoms with Gasteiger partial charge in [-0.05, 0) is 65.9 Å². The Hall–Kier alpha value is -1.67. The van der Waals surface area contributed by atoms with Gasteiger partial charge in [0.05, 0.1) is 12.1 Å². The van der Waals surface area contributed by atoms with E-state index in [0.717, 1.165) is 31.5 Å². The fraction of sp³-hybridized carbons (Fsp3) is 0.125. The number of hydrogen-bond acceptors (Lipinski definition) is 4. The number of carbonyl (C=O) groups is 1. The van der Waals surface area contributed by atoms with E-state index in [9.17, 15) is 4.79 Å². The highest BCUT2D eigenvalue weighted by molar-refractivity contribution is 14.1. The lowest BCUT2D eigenvalue weighted by molar-refractivity contribution is -0.115. The first-order valence-corrected chi connectivity index (χ1v) is 8.62. The second-order valence-corrected chi connectivity index (χ2v) is 6.89. The van der Waals surface area contributed by atoms with E-state index in [2.05, 4.69) is 32.9 Å². The second-order valence-electron chi connectivity index (χ2n) is 4.79. The molecule has 4 nitrogen and oxygen atoms in total. The Morgan fingerprint density at radius 2 is 2.05 bits per heavy atom. The predicted octanol–water partition coefficient (Wildman–Crippen LogP) is 4.50. The number of anilines is 1. The molecule has 3 aromatic rings. The van der Waals surface area contributed by atoms with Gasteiger partial charge in [0.15, 0.2) is 10.8 Å². The van der Waals surface area contributed by atoms with Gasteiger partial charge in [-0.1, -0.05) is 0 Å². The van der Waals surface area contributed by atoms with Crippen molar-refractivity contribution in [2.45, 2.75) is 13.3 Å². The maximum atomic E-state index is 12.0. The number of nitrogens with one attached hydrogen (secondary N) is 1. The van der Waals surface area contributed by atoms with Gasteiger partial charge in [-0.15, -0.1) is 11.3 Å². The topological polar surface area (TPSA) is 55.1 Å². The van der Waals surface area contributed by atoms with Crippen molar-refractivity contribution in [2.75, 3.05) is 5.32 Å². The maximum absolute atomic E-state index is 12.0. The summed E-state index contributed by atoms with van der Waals surface area (Å²) >= 11 is 3.71. The Kier molecular flexibility index (Phi) is 4.58. The molecule has 0 radical (unpaired) electrons. The summed E-state index contributed by atoms with van der Waals surface area (Å²) in [7, 11) is 0. The molecule has 2 aromatic heterocycles. The molecule has 0 aliphatic heterocycles. The summed E-state index contributed by atoms with van der Waals surface area (Å²) in [6, 6.07) is 11.5. The maximum Gasteiger partial charge on any atom is 0.230 e. The molecule has 0 bridgehead atoms. The fourth-order valence-corrected chi connectivity index (χ4v) is 3.09. The van der Waals surface area contributed by atoms with E-state index < -0.39 is 0 Å². The molecule has 0 saturated carbocycles. The number of amides is 1. The van der Waals surface area contributed by atoms with Gasteiger partial charge in [0.1, 0.15) is 5.76 Å². The quantitative estimate of drug-likeness (QED) is 0.628. The third-order valence-electron chi connectivity index (χ3n) is 2.97. The number of hydrogen-bond donors (Lipinski definition) is 1. The highest BCUT2D eigenvalue weighted by Gasteiger charge is 2.11. The SMILES string of the molecule is Cc1ccc(-c2nc(CC(=O)Nc3ccc(I)cc3)cs2)o1. The zero-order valence-electron chi connectivity index (χ0n) is 11.8. The summed E-state index contributed by atoms with van der Waals surface area (Å²) in [5.74, 6) is 1.52. The summed E-state index contributed by atoms with van der Waals surface area (Å²) in [5, 5.41) is 5.56. The lowest BCUT2D eigenvalue weighted by Gasteiger charge is -2.03. The van der Waals surface area contributed by atoms with Crippen LogP contribution in [0.5, 0.6) is 0 Å². The molecule has 2 heterocycles. The van der Waals surface area contributed by atoms with Crippen molar-refractivity contribution in [3.05, 3.63) is 56.8 Å². The van der Waals surface area contributed by atoms with Gasteiger partial charge in [0, 0.05) is 14.6 Å². The first kappa shape index (κ1) is 15.2. The van der Waals surface area contributed by atoms with Gasteiger partial charge < -0.3 is 9.73 Å². The Bertz CT molecular complexity index is 793. The highest BCUT2D eigenvalue weighted by Crippen LogP contribution is 2.25. The van der Waals surface area contributed by atoms with Crippen LogP contribution in [-0.4, -0.2) is 10.9 Å². The molecule has 0 spiro atoms. The molecule has 0 fully saturated rings. The number of benzene rings is 1. The number of aromatic nitrogens is 1. The smallest absolute Gasteiger partial charge is 0.230 e. The van der Waals surface area contributed by atoms with Gasteiger partial charge in [-0.25, -0.2) is 4.98 Å². The van der Waals surface area contributed by atoms with Crippen LogP contribution < -0.4 is 5.32 Å². The molecule has 6 heteroatoms. The molecule has 1 aromatic carbocycles. The highest BCUT2D eigenvalue weighted by atomic mass is 127. The number of thiazole rings is 1. The lowest BCUT2D eigenvalue weighted by Crippen LogP contribution is -2.14. The number of halogens is 1. The van der Waals surface area contributed by atoms with Crippen molar-refractivity contribution in [3.8, 4) is 10.8 Å². The van der Waals surface area contributed by atoms with Crippen LogP contribution in [-0.2, 0) is 11.2 Å². The van der Waals surface area contributed by atoms with E-state index in [1.165, 1.54) is 11.3 Å². The molecule has 1 amide bonds. The van der Waals surface area contributed by atoms with Crippen LogP contribution in [0.3, 0.4) is 0 Å². The van der Waals surface area contributed by atoms with Crippen molar-refractivity contribution < 1.29 is 9.21 Å². The average molecular weight is 424 g/mol. The van der Waals surface area contributed by atoms with Crippen LogP contribution in [0, 0.1) is 10.5 Å². The molecular weight excluding hydrogens is 411 g/mol. The van der Waals surface area contributed by atoms with E-state index in [-0.39, 0.29) is 12.3 Å². The Labute approximate surface area is 145 Å². The van der Waals surface area contributed by atoms with Crippen molar-refractivity contribution in [1.82, 2.24) is 4.98 Å². The van der Waals surface area contributed by atoms with Crippen LogP contribution >= 0.6 is 33.9 Å². The van der Waals surface area contributed by atoms with Crippen LogP contribution in [0.25, 0.3) is 10.8 Å². The van der Waals surface area contributed by atoms with Crippen LogP contribution in [0.4, 0.5) is 5.69 Å². The number of nitrogens with zero attached hydrogens (tertiary/aromatic N) is 1. The van der Waals surface area contributed by atoms with E-state index in [0.29, 0.717) is 0 Å². The molecule has 1 N–H and O–H groups in total. The van der Waals surface area contributed by atoms with Gasteiger partial charge in [-0.3, -0.25) is 4.79 Å². The number of furan rings is 1. The number of carbonyl (C=O) groups excluding carboxylic acids is 1. The summed E-state index contributed by atoms with van der Waals surface area (Å²) in [6.07, 6.45) is 0.252. The van der Waals surface area contributed by atoms with Gasteiger partial charge in [0.25, 0.3) is 0 Å². The minimum absolute atomic E-state index is 0.0753. The second kappa shape index (κ2) is 6.62. The molecule has 0 unspecified atom stereocenters. The first-order valence-electron chi connectivity index (χ1n) is 6.67. The van der Waals surface area contributed by atoms with Crippen molar-refractivity contribution in [2.24, 2.45) is 0 Å². The number of aryl methyl sites for hydroxylation is 1. The molecule has 0 aliphatic rings. The summed E-state index contributed by atoms with van der Waals surface area (Å²) in [5.41, 5.74) is 1.54. The molecule has 3 rings (SSSR count). The predicted molar refractivity (Wildman–Crippen MR) is 96.0 cm³/mol. The van der Waals surface area contributed by atoms with Crippen molar-refractivity contribution in [3.63, 3.8) is 0 Å². The Morgan fingerprint density at radius 3 is 2.73 bits per heavy atom. The largest absolute Gasteiger partial charge is 0.459 e. The van der Waals surface area contributed by atoms with Crippen molar-refractivity contribution >= 4 is 45.5 Å². The van der Waals surface area contributed by atoms with Crippen LogP contribution in [0.1, 0.15) is 11.5 Å². The normalized spacial score (nSPS) is 10.6. The fourth-order valence-electron chi connectivity index (χ4n) is 1.95. The third kappa shape index (κ3) is 3.75. The van der Waals surface area contributed by atoms with Crippen LogP contribution in [0.2, 0.25) is 0 Å². The third-order valence-corrected chi connectivity index (χ3v) is 4.60. The molecule has 0 aliphatic carbocycles. The van der Waals surface area contributed by atoms with Gasteiger partial charge in [-0.2, -0.15) is 0 Å². The molecule has 0 saturated heterocycles. The van der Waals surface area contributed by atoms with E-state index in [4.69, 9.17) is 4.42 Å².